The van der Waals surface area contributed by atoms with Crippen LogP contribution in [0.2, 0.25) is 0 Å². The molecule has 1 aliphatic carbocycles. The number of rotatable bonds is 1. The molecule has 0 saturated carbocycles. The average Bonchev–Trinajstić information content (AvgIpc) is 2.18. The van der Waals surface area contributed by atoms with Crippen LogP contribution in [0.5, 0.6) is 0 Å². The van der Waals surface area contributed by atoms with Crippen LogP contribution in [0.25, 0.3) is 0 Å². The van der Waals surface area contributed by atoms with Crippen molar-refractivity contribution in [3.05, 3.63) is 12.2 Å². The van der Waals surface area contributed by atoms with Gasteiger partial charge in [-0.25, -0.2) is 4.79 Å². The van der Waals surface area contributed by atoms with E-state index in [9.17, 15) is 15.0 Å². The molecule has 0 aromatic heterocycles. The Morgan fingerprint density at radius 2 is 2.29 bits per heavy atom. The highest BCUT2D eigenvalue weighted by atomic mass is 16.5. The normalized spacial score (nSPS) is 35.5. The fraction of sp³-hybridized carbons (Fsp3) is 0.700. The summed E-state index contributed by atoms with van der Waals surface area (Å²) in [4.78, 5) is 11.3. The van der Waals surface area contributed by atoms with Crippen molar-refractivity contribution in [3.8, 4) is 0 Å². The Labute approximate surface area is 83.2 Å². The van der Waals surface area contributed by atoms with Crippen molar-refractivity contribution in [2.75, 3.05) is 7.11 Å². The average molecular weight is 200 g/mol. The highest BCUT2D eigenvalue weighted by Crippen LogP contribution is 2.24. The first-order chi connectivity index (χ1) is 6.58. The highest BCUT2D eigenvalue weighted by molar-refractivity contribution is 5.79. The lowest BCUT2D eigenvalue weighted by molar-refractivity contribution is -0.164. The second-order valence-corrected chi connectivity index (χ2v) is 3.60. The van der Waals surface area contributed by atoms with Gasteiger partial charge < -0.3 is 14.9 Å². The molecule has 0 bridgehead atoms. The summed E-state index contributed by atoms with van der Waals surface area (Å²) in [5, 5.41) is 19.3. The van der Waals surface area contributed by atoms with Gasteiger partial charge in [0.05, 0.1) is 13.2 Å². The lowest BCUT2D eigenvalue weighted by Gasteiger charge is -2.26. The number of allylic oxidation sites excluding steroid dienone is 1. The van der Waals surface area contributed by atoms with Crippen LogP contribution in [-0.2, 0) is 9.53 Å². The first-order valence-electron chi connectivity index (χ1n) is 4.74. The summed E-state index contributed by atoms with van der Waals surface area (Å²) in [7, 11) is 1.26. The van der Waals surface area contributed by atoms with Gasteiger partial charge in [-0.1, -0.05) is 12.2 Å². The Morgan fingerprint density at radius 1 is 1.57 bits per heavy atom. The number of carbonyl (C=O) groups is 1. The largest absolute Gasteiger partial charge is 0.467 e. The predicted molar refractivity (Wildman–Crippen MR) is 50.6 cm³/mol. The molecule has 0 aromatic rings. The van der Waals surface area contributed by atoms with Gasteiger partial charge in [-0.15, -0.1) is 0 Å². The van der Waals surface area contributed by atoms with Gasteiger partial charge in [-0.3, -0.25) is 0 Å². The van der Waals surface area contributed by atoms with Gasteiger partial charge in [0.2, 0.25) is 0 Å². The van der Waals surface area contributed by atoms with E-state index in [1.165, 1.54) is 7.11 Å². The van der Waals surface area contributed by atoms with E-state index in [-0.39, 0.29) is 6.42 Å². The van der Waals surface area contributed by atoms with Crippen LogP contribution < -0.4 is 0 Å². The molecule has 1 rings (SSSR count). The summed E-state index contributed by atoms with van der Waals surface area (Å²) in [6, 6.07) is 0. The van der Waals surface area contributed by atoms with Crippen LogP contribution in [0, 0.1) is 0 Å². The molecule has 2 N–H and O–H groups in total. The zero-order chi connectivity index (χ0) is 10.6. The van der Waals surface area contributed by atoms with Gasteiger partial charge in [0.15, 0.2) is 5.60 Å². The molecule has 0 amide bonds. The number of hydrogen-bond acceptors (Lipinski definition) is 4. The quantitative estimate of drug-likeness (QED) is 0.474. The summed E-state index contributed by atoms with van der Waals surface area (Å²) in [5.74, 6) is -0.611. The maximum absolute atomic E-state index is 11.3. The zero-order valence-electron chi connectivity index (χ0n) is 8.27. The minimum atomic E-state index is -1.43. The molecule has 1 aliphatic rings. The Kier molecular flexibility index (Phi) is 3.66. The summed E-state index contributed by atoms with van der Waals surface area (Å²) >= 11 is 0. The second kappa shape index (κ2) is 4.57. The SMILES string of the molecule is COC(=O)C1(O)CC/C=C\C(O)CC1. The van der Waals surface area contributed by atoms with Gasteiger partial charge in [0, 0.05) is 0 Å². The third-order valence-electron chi connectivity index (χ3n) is 2.50. The Hall–Kier alpha value is -0.870. The molecule has 0 fully saturated rings. The molecule has 80 valence electrons. The number of carbonyl (C=O) groups excluding carboxylic acids is 1. The minimum absolute atomic E-state index is 0.241. The predicted octanol–water partition coefficient (Wildman–Crippen LogP) is 0.382. The van der Waals surface area contributed by atoms with Crippen molar-refractivity contribution < 1.29 is 19.7 Å². The van der Waals surface area contributed by atoms with E-state index in [1.807, 2.05) is 0 Å². The van der Waals surface area contributed by atoms with E-state index >= 15 is 0 Å². The first-order valence-corrected chi connectivity index (χ1v) is 4.74. The Bertz CT molecular complexity index is 236. The Morgan fingerprint density at radius 3 is 2.93 bits per heavy atom. The van der Waals surface area contributed by atoms with Crippen molar-refractivity contribution >= 4 is 5.97 Å². The lowest BCUT2D eigenvalue weighted by Crippen LogP contribution is -2.40. The minimum Gasteiger partial charge on any atom is -0.467 e. The molecule has 0 radical (unpaired) electrons. The zero-order valence-corrected chi connectivity index (χ0v) is 8.27. The van der Waals surface area contributed by atoms with Crippen LogP contribution in [0.1, 0.15) is 25.7 Å². The fourth-order valence-electron chi connectivity index (χ4n) is 1.58. The number of methoxy groups -OCH3 is 1. The monoisotopic (exact) mass is 200 g/mol. The van der Waals surface area contributed by atoms with Gasteiger partial charge in [-0.05, 0) is 25.7 Å². The van der Waals surface area contributed by atoms with Crippen LogP contribution in [0.15, 0.2) is 12.2 Å². The highest BCUT2D eigenvalue weighted by Gasteiger charge is 2.36. The van der Waals surface area contributed by atoms with Crippen molar-refractivity contribution in [2.45, 2.75) is 37.4 Å². The standard InChI is InChI=1S/C10H16O4/c1-14-9(12)10(13)6-3-2-4-8(11)5-7-10/h2,4,8,11,13H,3,5-7H2,1H3/b4-2-. The Balaban J connectivity index is 2.69. The smallest absolute Gasteiger partial charge is 0.337 e. The fourth-order valence-corrected chi connectivity index (χ4v) is 1.58. The van der Waals surface area contributed by atoms with Crippen molar-refractivity contribution in [1.29, 1.82) is 0 Å². The molecule has 0 saturated heterocycles. The number of hydrogen-bond donors (Lipinski definition) is 2. The molecular formula is C10H16O4. The second-order valence-electron chi connectivity index (χ2n) is 3.60. The van der Waals surface area contributed by atoms with Crippen molar-refractivity contribution in [2.24, 2.45) is 0 Å². The summed E-state index contributed by atoms with van der Waals surface area (Å²) in [6.07, 6.45) is 4.43. The first kappa shape index (κ1) is 11.2. The van der Waals surface area contributed by atoms with E-state index in [0.717, 1.165) is 0 Å². The maximum Gasteiger partial charge on any atom is 0.337 e. The maximum atomic E-state index is 11.3. The molecule has 4 nitrogen and oxygen atoms in total. The van der Waals surface area contributed by atoms with Gasteiger partial charge in [-0.2, -0.15) is 0 Å². The van der Waals surface area contributed by atoms with Crippen LogP contribution >= 0.6 is 0 Å². The topological polar surface area (TPSA) is 66.8 Å². The van der Waals surface area contributed by atoms with Gasteiger partial charge in [0.25, 0.3) is 0 Å². The van der Waals surface area contributed by atoms with Gasteiger partial charge >= 0.3 is 5.97 Å². The van der Waals surface area contributed by atoms with Crippen molar-refractivity contribution in [1.82, 2.24) is 0 Å². The lowest BCUT2D eigenvalue weighted by atomic mass is 9.89. The molecule has 0 spiro atoms. The summed E-state index contributed by atoms with van der Waals surface area (Å²) in [5.41, 5.74) is -1.43. The third-order valence-corrected chi connectivity index (χ3v) is 2.50. The molecule has 0 heterocycles. The number of aliphatic hydroxyl groups excluding tert-OH is 1. The van der Waals surface area contributed by atoms with E-state index in [0.29, 0.717) is 19.3 Å². The van der Waals surface area contributed by atoms with E-state index in [4.69, 9.17) is 0 Å². The summed E-state index contributed by atoms with van der Waals surface area (Å²) < 4.78 is 4.53. The molecule has 2 atom stereocenters. The molecular weight excluding hydrogens is 184 g/mol. The molecule has 0 aromatic carbocycles. The number of ether oxygens (including phenoxy) is 1. The van der Waals surface area contributed by atoms with E-state index in [1.54, 1.807) is 12.2 Å². The molecule has 4 heteroatoms. The summed E-state index contributed by atoms with van der Waals surface area (Å²) in [6.45, 7) is 0. The van der Waals surface area contributed by atoms with Crippen LogP contribution in [0.4, 0.5) is 0 Å². The van der Waals surface area contributed by atoms with Crippen molar-refractivity contribution in [3.63, 3.8) is 0 Å². The third kappa shape index (κ3) is 2.56. The van der Waals surface area contributed by atoms with E-state index in [2.05, 4.69) is 4.74 Å². The number of esters is 1. The molecule has 2 unspecified atom stereocenters. The van der Waals surface area contributed by atoms with E-state index < -0.39 is 17.7 Å². The number of aliphatic hydroxyl groups is 2. The van der Waals surface area contributed by atoms with Gasteiger partial charge in [0.1, 0.15) is 0 Å². The molecule has 0 aliphatic heterocycles. The molecule has 14 heavy (non-hydrogen) atoms. The van der Waals surface area contributed by atoms with Crippen LogP contribution in [0.3, 0.4) is 0 Å². The van der Waals surface area contributed by atoms with Crippen LogP contribution in [-0.4, -0.2) is 35.0 Å².